The van der Waals surface area contributed by atoms with Crippen molar-refractivity contribution >= 4 is 36.4 Å². The molecular weight excluding hydrogens is 530 g/mol. The molecule has 5 rings (SSSR count). The minimum absolute atomic E-state index is 0.0996. The molecule has 11 heteroatoms. The highest BCUT2D eigenvalue weighted by atomic mass is 32.1. The van der Waals surface area contributed by atoms with Crippen LogP contribution in [0.15, 0.2) is 47.0 Å². The van der Waals surface area contributed by atoms with E-state index in [9.17, 15) is 9.59 Å². The van der Waals surface area contributed by atoms with E-state index in [1.807, 2.05) is 28.3 Å². The molecule has 1 saturated heterocycles. The van der Waals surface area contributed by atoms with Crippen LogP contribution in [0.2, 0.25) is 25.7 Å². The van der Waals surface area contributed by atoms with Gasteiger partial charge in [-0.2, -0.15) is 0 Å². The predicted molar refractivity (Wildman–Crippen MR) is 157 cm³/mol. The van der Waals surface area contributed by atoms with Gasteiger partial charge in [0, 0.05) is 76.3 Å². The highest BCUT2D eigenvalue weighted by Gasteiger charge is 2.22. The van der Waals surface area contributed by atoms with Crippen LogP contribution in [-0.4, -0.2) is 70.9 Å². The Hall–Kier alpha value is -3.12. The summed E-state index contributed by atoms with van der Waals surface area (Å²) < 4.78 is 15.0. The van der Waals surface area contributed by atoms with Crippen LogP contribution in [0.1, 0.15) is 16.8 Å². The Morgan fingerprint density at radius 2 is 2.03 bits per heavy atom. The molecule has 5 heterocycles. The second kappa shape index (κ2) is 11.5. The fourth-order valence-electron chi connectivity index (χ4n) is 4.60. The summed E-state index contributed by atoms with van der Waals surface area (Å²) in [4.78, 5) is 37.6. The molecule has 1 amide bonds. The van der Waals surface area contributed by atoms with E-state index in [1.165, 1.54) is 15.9 Å². The number of ether oxygens (including phenoxy) is 2. The molecule has 1 aliphatic rings. The van der Waals surface area contributed by atoms with Crippen LogP contribution in [0.25, 0.3) is 32.9 Å². The first-order valence-corrected chi connectivity index (χ1v) is 17.9. The highest BCUT2D eigenvalue weighted by molar-refractivity contribution is 7.13. The van der Waals surface area contributed by atoms with Crippen LogP contribution in [0, 0.1) is 0 Å². The van der Waals surface area contributed by atoms with Crippen LogP contribution >= 0.6 is 11.3 Å². The van der Waals surface area contributed by atoms with E-state index in [0.29, 0.717) is 49.2 Å². The third-order valence-electron chi connectivity index (χ3n) is 6.81. The summed E-state index contributed by atoms with van der Waals surface area (Å²) in [7, 11) is 0.497. The number of hydrogen-bond acceptors (Lipinski definition) is 7. The van der Waals surface area contributed by atoms with Gasteiger partial charge in [-0.15, -0.1) is 11.3 Å². The lowest BCUT2D eigenvalue weighted by molar-refractivity contribution is 0.0740. The van der Waals surface area contributed by atoms with Gasteiger partial charge in [0.1, 0.15) is 17.4 Å². The van der Waals surface area contributed by atoms with Crippen molar-refractivity contribution in [3.05, 3.63) is 58.1 Å². The fourth-order valence-corrected chi connectivity index (χ4v) is 6.19. The molecule has 4 aromatic rings. The first-order chi connectivity index (χ1) is 18.7. The van der Waals surface area contributed by atoms with Crippen molar-refractivity contribution in [2.24, 2.45) is 7.05 Å². The van der Waals surface area contributed by atoms with Crippen molar-refractivity contribution < 1.29 is 14.3 Å². The topological polar surface area (TPSA) is 91.5 Å². The zero-order valence-electron chi connectivity index (χ0n) is 23.0. The number of pyridine rings is 2. The van der Waals surface area contributed by atoms with E-state index < -0.39 is 8.07 Å². The zero-order valence-corrected chi connectivity index (χ0v) is 24.8. The Morgan fingerprint density at radius 1 is 1.18 bits per heavy atom. The van der Waals surface area contributed by atoms with Crippen LogP contribution in [-0.2, 0) is 23.3 Å². The van der Waals surface area contributed by atoms with Gasteiger partial charge in [0.25, 0.3) is 11.5 Å². The fraction of sp³-hybridized carbons (Fsp3) is 0.429. The number of aromatic nitrogens is 4. The van der Waals surface area contributed by atoms with Gasteiger partial charge in [-0.3, -0.25) is 9.59 Å². The Balaban J connectivity index is 1.44. The quantitative estimate of drug-likeness (QED) is 0.227. The lowest BCUT2D eigenvalue weighted by atomic mass is 10.1. The second-order valence-corrected chi connectivity index (χ2v) is 17.6. The average molecular weight is 566 g/mol. The van der Waals surface area contributed by atoms with Gasteiger partial charge >= 0.3 is 0 Å². The summed E-state index contributed by atoms with van der Waals surface area (Å²) in [5.41, 5.74) is 3.23. The molecule has 0 N–H and O–H groups in total. The first-order valence-electron chi connectivity index (χ1n) is 13.3. The van der Waals surface area contributed by atoms with Crippen LogP contribution in [0.3, 0.4) is 0 Å². The summed E-state index contributed by atoms with van der Waals surface area (Å²) in [5.74, 6) is -0.0996. The summed E-state index contributed by atoms with van der Waals surface area (Å²) in [6.07, 6.45) is 6.20. The Kier molecular flexibility index (Phi) is 8.13. The normalized spacial score (nSPS) is 14.6. The van der Waals surface area contributed by atoms with Crippen LogP contribution in [0.4, 0.5) is 0 Å². The summed E-state index contributed by atoms with van der Waals surface area (Å²) >= 11 is 1.40. The highest BCUT2D eigenvalue weighted by Crippen LogP contribution is 2.33. The average Bonchev–Trinajstić information content (AvgIpc) is 3.43. The van der Waals surface area contributed by atoms with Gasteiger partial charge < -0.3 is 23.5 Å². The molecule has 0 bridgehead atoms. The molecule has 4 aromatic heterocycles. The largest absolute Gasteiger partial charge is 0.380 e. The summed E-state index contributed by atoms with van der Waals surface area (Å²) in [6, 6.07) is 6.72. The van der Waals surface area contributed by atoms with Gasteiger partial charge in [0.2, 0.25) is 0 Å². The van der Waals surface area contributed by atoms with Gasteiger partial charge in [-0.1, -0.05) is 19.6 Å². The first kappa shape index (κ1) is 27.4. The predicted octanol–water partition coefficient (Wildman–Crippen LogP) is 4.70. The van der Waals surface area contributed by atoms with Crippen molar-refractivity contribution in [2.45, 2.75) is 38.8 Å². The molecule has 0 aliphatic carbocycles. The number of thiazole rings is 1. The monoisotopic (exact) mass is 565 g/mol. The van der Waals surface area contributed by atoms with E-state index in [4.69, 9.17) is 14.5 Å². The molecule has 0 aromatic carbocycles. The molecule has 0 saturated carbocycles. The van der Waals surface area contributed by atoms with E-state index in [0.717, 1.165) is 41.4 Å². The Labute approximate surface area is 233 Å². The lowest BCUT2D eigenvalue weighted by Crippen LogP contribution is -2.34. The Morgan fingerprint density at radius 3 is 2.85 bits per heavy atom. The number of hydrogen-bond donors (Lipinski definition) is 0. The Bertz CT molecular complexity index is 1530. The number of amides is 1. The maximum atomic E-state index is 13.3. The van der Waals surface area contributed by atoms with Crippen molar-refractivity contribution in [2.75, 3.05) is 32.9 Å². The van der Waals surface area contributed by atoms with Crippen molar-refractivity contribution in [1.82, 2.24) is 24.0 Å². The van der Waals surface area contributed by atoms with Gasteiger partial charge in [0.05, 0.1) is 23.4 Å². The summed E-state index contributed by atoms with van der Waals surface area (Å²) in [5, 5.41) is 3.51. The molecule has 0 spiro atoms. The van der Waals surface area contributed by atoms with Crippen LogP contribution < -0.4 is 5.56 Å². The third kappa shape index (κ3) is 6.22. The van der Waals surface area contributed by atoms with Crippen LogP contribution in [0.5, 0.6) is 0 Å². The number of rotatable bonds is 8. The van der Waals surface area contributed by atoms with E-state index in [2.05, 4.69) is 24.6 Å². The SMILES string of the molecule is Cn1cc(C(=O)N2CCCOCC2)cc(-c2nc(-c3cn(COCC[Si](C)(C)C)c4ncccc34)cs2)c1=O. The van der Waals surface area contributed by atoms with Crippen molar-refractivity contribution in [1.29, 1.82) is 0 Å². The maximum Gasteiger partial charge on any atom is 0.260 e. The number of carbonyl (C=O) groups excluding carboxylic acids is 1. The maximum absolute atomic E-state index is 13.3. The molecular formula is C28H35N5O4SSi. The number of fused-ring (bicyclic) bond motifs is 1. The number of carbonyl (C=O) groups is 1. The number of nitrogens with zero attached hydrogens (tertiary/aromatic N) is 5. The lowest BCUT2D eigenvalue weighted by Gasteiger charge is -2.20. The van der Waals surface area contributed by atoms with E-state index >= 15 is 0 Å². The smallest absolute Gasteiger partial charge is 0.260 e. The molecule has 0 atom stereocenters. The van der Waals surface area contributed by atoms with Gasteiger partial charge in [-0.25, -0.2) is 9.97 Å². The summed E-state index contributed by atoms with van der Waals surface area (Å²) in [6.45, 7) is 10.5. The minimum atomic E-state index is -1.17. The van der Waals surface area contributed by atoms with Crippen molar-refractivity contribution in [3.63, 3.8) is 0 Å². The van der Waals surface area contributed by atoms with Gasteiger partial charge in [-0.05, 0) is 30.7 Å². The molecule has 206 valence electrons. The molecule has 9 nitrogen and oxygen atoms in total. The standard InChI is InChI=1S/C28H35N5O4SSi/c1-31-16-20(27(34)32-9-6-11-36-12-10-32)15-22(28(31)35)26-30-24(18-38-26)23-17-33(19-37-13-14-39(2,3)4)25-21(23)7-5-8-29-25/h5,7-8,15-18H,6,9-14,19H2,1-4H3. The van der Waals surface area contributed by atoms with E-state index in [1.54, 1.807) is 30.4 Å². The molecule has 0 radical (unpaired) electrons. The molecule has 1 aliphatic heterocycles. The van der Waals surface area contributed by atoms with E-state index in [-0.39, 0.29) is 11.5 Å². The third-order valence-corrected chi connectivity index (χ3v) is 9.39. The zero-order chi connectivity index (χ0) is 27.6. The molecule has 39 heavy (non-hydrogen) atoms. The van der Waals surface area contributed by atoms with Gasteiger partial charge in [0.15, 0.2) is 0 Å². The molecule has 0 unspecified atom stereocenters. The number of aryl methyl sites for hydroxylation is 1. The minimum Gasteiger partial charge on any atom is -0.380 e. The van der Waals surface area contributed by atoms with Crippen molar-refractivity contribution in [3.8, 4) is 21.8 Å². The second-order valence-electron chi connectivity index (χ2n) is 11.1. The molecule has 1 fully saturated rings.